The van der Waals surface area contributed by atoms with E-state index in [-0.39, 0.29) is 17.7 Å². The van der Waals surface area contributed by atoms with E-state index in [4.69, 9.17) is 9.72 Å². The highest BCUT2D eigenvalue weighted by atomic mass is 79.9. The number of hydrogen-bond acceptors (Lipinski definition) is 5. The number of unbranched alkanes of at least 4 members (excludes halogenated alkanes) is 1. The van der Waals surface area contributed by atoms with Crippen molar-refractivity contribution in [3.05, 3.63) is 102 Å². The summed E-state index contributed by atoms with van der Waals surface area (Å²) in [6.45, 7) is 2.26. The number of nitrogens with zero attached hydrogens (tertiary/aromatic N) is 3. The van der Waals surface area contributed by atoms with E-state index in [1.54, 1.807) is 36.5 Å². The summed E-state index contributed by atoms with van der Waals surface area (Å²) >= 11 is 6.90. The number of halogens is 2. The van der Waals surface area contributed by atoms with Gasteiger partial charge in [-0.05, 0) is 60.5 Å². The van der Waals surface area contributed by atoms with Gasteiger partial charge in [-0.15, -0.1) is 0 Å². The van der Waals surface area contributed by atoms with E-state index in [0.717, 1.165) is 27.4 Å². The Labute approximate surface area is 224 Å². The molecule has 0 aliphatic rings. The molecule has 0 spiro atoms. The molecule has 0 aliphatic carbocycles. The fraction of sp³-hybridized carbons (Fsp3) is 0.185. The molecule has 1 aromatic heterocycles. The number of ether oxygens (including phenoxy) is 1. The Morgan fingerprint density at radius 3 is 2.67 bits per heavy atom. The zero-order valence-electron chi connectivity index (χ0n) is 19.4. The van der Waals surface area contributed by atoms with Crippen LogP contribution in [0.3, 0.4) is 0 Å². The molecule has 0 amide bonds. The summed E-state index contributed by atoms with van der Waals surface area (Å²) in [4.78, 5) is 29.3. The second-order valence-corrected chi connectivity index (χ2v) is 9.96. The van der Waals surface area contributed by atoms with Crippen LogP contribution in [0.15, 0.2) is 79.5 Å². The van der Waals surface area contributed by atoms with E-state index in [2.05, 4.69) is 43.9 Å². The summed E-state index contributed by atoms with van der Waals surface area (Å²) in [5.74, 6) is 0.145. The first kappa shape index (κ1) is 25.8. The van der Waals surface area contributed by atoms with Crippen LogP contribution in [0.1, 0.15) is 47.1 Å². The van der Waals surface area contributed by atoms with Gasteiger partial charge in [0.1, 0.15) is 18.2 Å². The molecular weight excluding hydrogens is 590 g/mol. The molecule has 36 heavy (non-hydrogen) atoms. The molecule has 0 atom stereocenters. The first-order valence-electron chi connectivity index (χ1n) is 11.4. The van der Waals surface area contributed by atoms with Crippen LogP contribution in [-0.4, -0.2) is 27.0 Å². The minimum absolute atomic E-state index is 0.177. The van der Waals surface area contributed by atoms with E-state index in [1.807, 2.05) is 24.3 Å². The van der Waals surface area contributed by atoms with E-state index < -0.39 is 5.97 Å². The summed E-state index contributed by atoms with van der Waals surface area (Å²) in [6.07, 6.45) is 4.04. The number of aromatic carboxylic acids is 1. The number of benzene rings is 3. The highest BCUT2D eigenvalue weighted by molar-refractivity contribution is 9.10. The number of carboxylic acids is 1. The minimum Gasteiger partial charge on any atom is -0.488 e. The number of rotatable bonds is 9. The van der Waals surface area contributed by atoms with Crippen LogP contribution < -0.4 is 10.3 Å². The maximum atomic E-state index is 13.3. The van der Waals surface area contributed by atoms with E-state index >= 15 is 0 Å². The highest BCUT2D eigenvalue weighted by Crippen LogP contribution is 2.23. The number of carboxylic acid groups (broad SMARTS) is 1. The second-order valence-electron chi connectivity index (χ2n) is 8.13. The van der Waals surface area contributed by atoms with Gasteiger partial charge in [-0.1, -0.05) is 57.3 Å². The lowest BCUT2D eigenvalue weighted by Crippen LogP contribution is -2.22. The SMILES string of the molecule is CCCCc1nc2ccc(Br)cc2c(=O)n1N=Cc1cc(Br)ccc1OCc1cccc(C(=O)O)c1. The maximum Gasteiger partial charge on any atom is 0.335 e. The summed E-state index contributed by atoms with van der Waals surface area (Å²) in [7, 11) is 0. The average molecular weight is 613 g/mol. The van der Waals surface area contributed by atoms with Crippen molar-refractivity contribution in [2.45, 2.75) is 32.8 Å². The molecule has 4 aromatic rings. The second kappa shape index (κ2) is 11.6. The highest BCUT2D eigenvalue weighted by Gasteiger charge is 2.12. The van der Waals surface area contributed by atoms with Gasteiger partial charge in [0, 0.05) is 20.9 Å². The Hall–Kier alpha value is -3.30. The number of carbonyl (C=O) groups is 1. The monoisotopic (exact) mass is 611 g/mol. The van der Waals surface area contributed by atoms with Gasteiger partial charge in [0.15, 0.2) is 0 Å². The molecule has 0 unspecified atom stereocenters. The molecule has 0 radical (unpaired) electrons. The van der Waals surface area contributed by atoms with E-state index in [1.165, 1.54) is 10.7 Å². The quantitative estimate of drug-likeness (QED) is 0.220. The molecule has 0 saturated carbocycles. The van der Waals surface area contributed by atoms with Crippen LogP contribution in [0, 0.1) is 0 Å². The van der Waals surface area contributed by atoms with Crippen molar-refractivity contribution in [1.82, 2.24) is 9.66 Å². The van der Waals surface area contributed by atoms with Crippen LogP contribution >= 0.6 is 31.9 Å². The fourth-order valence-electron chi connectivity index (χ4n) is 3.64. The largest absolute Gasteiger partial charge is 0.488 e. The molecule has 7 nitrogen and oxygen atoms in total. The lowest BCUT2D eigenvalue weighted by Gasteiger charge is -2.11. The Morgan fingerprint density at radius 2 is 1.89 bits per heavy atom. The Kier molecular flexibility index (Phi) is 8.32. The molecular formula is C27H23Br2N3O4. The van der Waals surface area contributed by atoms with E-state index in [9.17, 15) is 14.7 Å². The molecule has 1 heterocycles. The molecule has 0 fully saturated rings. The van der Waals surface area contributed by atoms with Crippen molar-refractivity contribution < 1.29 is 14.6 Å². The van der Waals surface area contributed by atoms with Gasteiger partial charge in [-0.3, -0.25) is 4.79 Å². The Bertz CT molecular complexity index is 1520. The average Bonchev–Trinajstić information content (AvgIpc) is 2.87. The van der Waals surface area contributed by atoms with Gasteiger partial charge >= 0.3 is 5.97 Å². The predicted molar refractivity (Wildman–Crippen MR) is 147 cm³/mol. The van der Waals surface area contributed by atoms with Crippen molar-refractivity contribution in [3.8, 4) is 5.75 Å². The van der Waals surface area contributed by atoms with Gasteiger partial charge in [-0.2, -0.15) is 9.78 Å². The number of aryl methyl sites for hydroxylation is 1. The summed E-state index contributed by atoms with van der Waals surface area (Å²) in [6, 6.07) is 17.5. The zero-order valence-corrected chi connectivity index (χ0v) is 22.6. The normalized spacial score (nSPS) is 11.3. The van der Waals surface area contributed by atoms with Gasteiger partial charge in [0.25, 0.3) is 5.56 Å². The molecule has 9 heteroatoms. The van der Waals surface area contributed by atoms with Crippen molar-refractivity contribution in [3.63, 3.8) is 0 Å². The maximum absolute atomic E-state index is 13.3. The summed E-state index contributed by atoms with van der Waals surface area (Å²) in [5, 5.41) is 14.2. The molecule has 1 N–H and O–H groups in total. The number of fused-ring (bicyclic) bond motifs is 1. The lowest BCUT2D eigenvalue weighted by molar-refractivity contribution is 0.0696. The first-order chi connectivity index (χ1) is 17.4. The summed E-state index contributed by atoms with van der Waals surface area (Å²) < 4.78 is 8.97. The molecule has 0 aliphatic heterocycles. The van der Waals surface area contributed by atoms with Crippen LogP contribution in [0.4, 0.5) is 0 Å². The van der Waals surface area contributed by atoms with Gasteiger partial charge < -0.3 is 9.84 Å². The van der Waals surface area contributed by atoms with Crippen LogP contribution in [0.25, 0.3) is 10.9 Å². The van der Waals surface area contributed by atoms with Crippen molar-refractivity contribution in [2.75, 3.05) is 0 Å². The van der Waals surface area contributed by atoms with Crippen molar-refractivity contribution in [1.29, 1.82) is 0 Å². The molecule has 0 saturated heterocycles. The van der Waals surface area contributed by atoms with Gasteiger partial charge in [-0.25, -0.2) is 9.78 Å². The zero-order chi connectivity index (χ0) is 25.7. The topological polar surface area (TPSA) is 93.8 Å². The Morgan fingerprint density at radius 1 is 1.11 bits per heavy atom. The summed E-state index contributed by atoms with van der Waals surface area (Å²) in [5.41, 5.74) is 1.97. The van der Waals surface area contributed by atoms with Crippen LogP contribution in [0.2, 0.25) is 0 Å². The van der Waals surface area contributed by atoms with Crippen LogP contribution in [-0.2, 0) is 13.0 Å². The van der Waals surface area contributed by atoms with E-state index in [0.29, 0.717) is 34.5 Å². The molecule has 3 aromatic carbocycles. The number of aromatic nitrogens is 2. The minimum atomic E-state index is -0.992. The standard InChI is InChI=1S/C27H23Br2N3O4/c1-2-3-7-25-31-23-10-8-21(29)14-22(23)26(33)32(25)30-15-19-13-20(28)9-11-24(19)36-16-17-5-4-6-18(12-17)27(34)35/h4-6,8-15H,2-3,7,16H2,1H3,(H,34,35). The molecule has 4 rings (SSSR count). The molecule has 184 valence electrons. The van der Waals surface area contributed by atoms with Crippen molar-refractivity contribution >= 4 is 54.9 Å². The van der Waals surface area contributed by atoms with Gasteiger partial charge in [0.05, 0.1) is 22.7 Å². The lowest BCUT2D eigenvalue weighted by atomic mass is 10.1. The fourth-order valence-corrected chi connectivity index (χ4v) is 4.38. The third-order valence-corrected chi connectivity index (χ3v) is 6.47. The molecule has 0 bridgehead atoms. The number of hydrogen-bond donors (Lipinski definition) is 1. The first-order valence-corrected chi connectivity index (χ1v) is 12.9. The van der Waals surface area contributed by atoms with Crippen molar-refractivity contribution in [2.24, 2.45) is 5.10 Å². The predicted octanol–water partition coefficient (Wildman–Crippen LogP) is 6.42. The van der Waals surface area contributed by atoms with Gasteiger partial charge in [0.2, 0.25) is 0 Å². The van der Waals surface area contributed by atoms with Crippen LogP contribution in [0.5, 0.6) is 5.75 Å². The third-order valence-electron chi connectivity index (χ3n) is 5.48. The third kappa shape index (κ3) is 6.09. The smallest absolute Gasteiger partial charge is 0.335 e. The Balaban J connectivity index is 1.69.